The fourth-order valence-corrected chi connectivity index (χ4v) is 5.42. The van der Waals surface area contributed by atoms with Gasteiger partial charge in [-0.1, -0.05) is 18.5 Å². The highest BCUT2D eigenvalue weighted by Crippen LogP contribution is 2.33. The first-order valence-corrected chi connectivity index (χ1v) is 13.2. The molecular formula is C26H28ClFN4O3S. The van der Waals surface area contributed by atoms with Crippen molar-refractivity contribution >= 4 is 40.5 Å². The van der Waals surface area contributed by atoms with Gasteiger partial charge >= 0.3 is 5.97 Å². The number of aromatic nitrogens is 3. The Balaban J connectivity index is 1.42. The van der Waals surface area contributed by atoms with Gasteiger partial charge in [0.1, 0.15) is 22.3 Å². The van der Waals surface area contributed by atoms with Gasteiger partial charge in [0, 0.05) is 34.1 Å². The minimum atomic E-state index is -0.384. The average molecular weight is 531 g/mol. The van der Waals surface area contributed by atoms with E-state index in [1.165, 1.54) is 23.6 Å². The Bertz CT molecular complexity index is 1230. The van der Waals surface area contributed by atoms with Crippen molar-refractivity contribution in [3.63, 3.8) is 0 Å². The molecule has 0 unspecified atom stereocenters. The molecule has 3 heterocycles. The maximum Gasteiger partial charge on any atom is 0.309 e. The number of hydrogen-bond donors (Lipinski definition) is 0. The molecule has 36 heavy (non-hydrogen) atoms. The van der Waals surface area contributed by atoms with E-state index in [4.69, 9.17) is 16.3 Å². The molecule has 0 spiro atoms. The standard InChI is InChI=1S/C26H28ClFN4O3S/c1-4-22-25(17-10-18(27)15(3)19(28)11-17)31-24(36-22)12-21(33)20-13-30-23(14-29-20)32-8-6-16(7-9-32)26(34)35-5-2/h10-11,13-14,16H,4-9,12H2,1-3H3. The van der Waals surface area contributed by atoms with E-state index in [2.05, 4.69) is 19.9 Å². The predicted molar refractivity (Wildman–Crippen MR) is 138 cm³/mol. The number of anilines is 1. The number of benzene rings is 1. The molecular weight excluding hydrogens is 503 g/mol. The molecule has 1 aromatic carbocycles. The number of carbonyl (C=O) groups is 2. The Hall–Kier alpha value is -2.91. The van der Waals surface area contributed by atoms with Crippen LogP contribution in [0.1, 0.15) is 52.6 Å². The largest absolute Gasteiger partial charge is 0.466 e. The summed E-state index contributed by atoms with van der Waals surface area (Å²) in [6.07, 6.45) is 5.26. The molecule has 1 fully saturated rings. The molecule has 10 heteroatoms. The van der Waals surface area contributed by atoms with Gasteiger partial charge in [0.05, 0.1) is 37.0 Å². The van der Waals surface area contributed by atoms with Crippen molar-refractivity contribution in [1.29, 1.82) is 0 Å². The minimum absolute atomic E-state index is 0.0820. The number of nitrogens with zero attached hydrogens (tertiary/aromatic N) is 4. The molecule has 3 aromatic rings. The molecule has 1 aliphatic rings. The number of piperidine rings is 1. The molecule has 0 atom stereocenters. The number of halogens is 2. The minimum Gasteiger partial charge on any atom is -0.466 e. The highest BCUT2D eigenvalue weighted by atomic mass is 35.5. The normalized spacial score (nSPS) is 14.2. The second-order valence-electron chi connectivity index (χ2n) is 8.67. The Morgan fingerprint density at radius 3 is 2.56 bits per heavy atom. The summed E-state index contributed by atoms with van der Waals surface area (Å²) < 4.78 is 19.4. The lowest BCUT2D eigenvalue weighted by Gasteiger charge is -2.31. The number of hydrogen-bond acceptors (Lipinski definition) is 8. The third-order valence-electron chi connectivity index (χ3n) is 6.29. The zero-order valence-corrected chi connectivity index (χ0v) is 22.1. The number of Topliss-reactive ketones (excluding diaryl/α,β-unsaturated/α-hetero) is 1. The molecule has 7 nitrogen and oxygen atoms in total. The van der Waals surface area contributed by atoms with Gasteiger partial charge in [0.25, 0.3) is 0 Å². The molecule has 1 aliphatic heterocycles. The number of esters is 1. The second-order valence-corrected chi connectivity index (χ2v) is 10.2. The molecule has 0 radical (unpaired) electrons. The molecule has 0 bridgehead atoms. The van der Waals surface area contributed by atoms with Crippen LogP contribution in [0.25, 0.3) is 11.3 Å². The van der Waals surface area contributed by atoms with E-state index in [1.54, 1.807) is 19.2 Å². The van der Waals surface area contributed by atoms with Crippen LogP contribution >= 0.6 is 22.9 Å². The van der Waals surface area contributed by atoms with Gasteiger partial charge in [-0.2, -0.15) is 0 Å². The van der Waals surface area contributed by atoms with E-state index in [1.807, 2.05) is 13.8 Å². The molecule has 190 valence electrons. The Morgan fingerprint density at radius 1 is 1.19 bits per heavy atom. The Labute approximate surface area is 218 Å². The quantitative estimate of drug-likeness (QED) is 0.282. The zero-order chi connectivity index (χ0) is 25.8. The van der Waals surface area contributed by atoms with Gasteiger partial charge < -0.3 is 9.64 Å². The van der Waals surface area contributed by atoms with Crippen molar-refractivity contribution in [2.24, 2.45) is 5.92 Å². The fourth-order valence-electron chi connectivity index (χ4n) is 4.18. The fraction of sp³-hybridized carbons (Fsp3) is 0.423. The number of rotatable bonds is 8. The van der Waals surface area contributed by atoms with Crippen molar-refractivity contribution in [2.45, 2.75) is 46.5 Å². The lowest BCUT2D eigenvalue weighted by atomic mass is 9.97. The van der Waals surface area contributed by atoms with Crippen molar-refractivity contribution in [3.8, 4) is 11.3 Å². The van der Waals surface area contributed by atoms with E-state index >= 15 is 0 Å². The summed E-state index contributed by atoms with van der Waals surface area (Å²) in [6, 6.07) is 3.14. The summed E-state index contributed by atoms with van der Waals surface area (Å²) >= 11 is 7.61. The first-order valence-electron chi connectivity index (χ1n) is 12.0. The SMILES string of the molecule is CCOC(=O)C1CCN(c2cnc(C(=O)Cc3nc(-c4cc(F)c(C)c(Cl)c4)c(CC)s3)cn2)CC1. The van der Waals surface area contributed by atoms with Crippen LogP contribution in [-0.4, -0.2) is 46.4 Å². The number of ketones is 1. The van der Waals surface area contributed by atoms with Crippen molar-refractivity contribution in [2.75, 3.05) is 24.6 Å². The third-order valence-corrected chi connectivity index (χ3v) is 7.88. The van der Waals surface area contributed by atoms with Crippen LogP contribution < -0.4 is 4.90 Å². The number of aryl methyl sites for hydroxylation is 1. The molecule has 1 saturated heterocycles. The van der Waals surface area contributed by atoms with E-state index in [0.717, 1.165) is 4.88 Å². The summed E-state index contributed by atoms with van der Waals surface area (Å²) in [4.78, 5) is 41.3. The maximum absolute atomic E-state index is 14.3. The topological polar surface area (TPSA) is 85.3 Å². The Kier molecular flexibility index (Phi) is 8.31. The molecule has 2 aromatic heterocycles. The van der Waals surface area contributed by atoms with Crippen LogP contribution in [0.3, 0.4) is 0 Å². The number of thiazole rings is 1. The molecule has 0 N–H and O–H groups in total. The highest BCUT2D eigenvalue weighted by Gasteiger charge is 2.27. The first kappa shape index (κ1) is 26.2. The van der Waals surface area contributed by atoms with E-state index in [0.29, 0.717) is 71.6 Å². The first-order chi connectivity index (χ1) is 17.3. The summed E-state index contributed by atoms with van der Waals surface area (Å²) in [7, 11) is 0. The van der Waals surface area contributed by atoms with Crippen LogP contribution in [0.15, 0.2) is 24.5 Å². The number of carbonyl (C=O) groups excluding carboxylic acids is 2. The summed E-state index contributed by atoms with van der Waals surface area (Å²) in [5.74, 6) is -0.122. The van der Waals surface area contributed by atoms with Crippen molar-refractivity contribution in [1.82, 2.24) is 15.0 Å². The highest BCUT2D eigenvalue weighted by molar-refractivity contribution is 7.12. The summed E-state index contributed by atoms with van der Waals surface area (Å²) in [5.41, 5.74) is 1.92. The predicted octanol–water partition coefficient (Wildman–Crippen LogP) is 5.47. The van der Waals surface area contributed by atoms with Crippen molar-refractivity contribution in [3.05, 3.63) is 56.5 Å². The van der Waals surface area contributed by atoms with Crippen LogP contribution in [-0.2, 0) is 22.4 Å². The van der Waals surface area contributed by atoms with Gasteiger partial charge in [-0.05, 0) is 45.2 Å². The van der Waals surface area contributed by atoms with Crippen LogP contribution in [0.4, 0.5) is 10.2 Å². The van der Waals surface area contributed by atoms with Crippen LogP contribution in [0, 0.1) is 18.7 Å². The summed E-state index contributed by atoms with van der Waals surface area (Å²) in [6.45, 7) is 7.18. The summed E-state index contributed by atoms with van der Waals surface area (Å²) in [5, 5.41) is 0.981. The van der Waals surface area contributed by atoms with E-state index in [-0.39, 0.29) is 35.6 Å². The monoisotopic (exact) mass is 530 g/mol. The molecule has 4 rings (SSSR count). The van der Waals surface area contributed by atoms with Crippen molar-refractivity contribution < 1.29 is 18.7 Å². The lowest BCUT2D eigenvalue weighted by Crippen LogP contribution is -2.37. The second kappa shape index (κ2) is 11.4. The smallest absolute Gasteiger partial charge is 0.309 e. The van der Waals surface area contributed by atoms with Gasteiger partial charge in [-0.25, -0.2) is 19.3 Å². The average Bonchev–Trinajstić information content (AvgIpc) is 3.30. The van der Waals surface area contributed by atoms with Gasteiger partial charge in [0.2, 0.25) is 0 Å². The maximum atomic E-state index is 14.3. The zero-order valence-electron chi connectivity index (χ0n) is 20.5. The number of ether oxygens (including phenoxy) is 1. The molecule has 0 amide bonds. The lowest BCUT2D eigenvalue weighted by molar-refractivity contribution is -0.148. The van der Waals surface area contributed by atoms with Crippen LogP contribution in [0.2, 0.25) is 5.02 Å². The van der Waals surface area contributed by atoms with E-state index < -0.39 is 0 Å². The molecule has 0 saturated carbocycles. The third kappa shape index (κ3) is 5.73. The van der Waals surface area contributed by atoms with Gasteiger partial charge in [-0.15, -0.1) is 11.3 Å². The Morgan fingerprint density at radius 2 is 1.94 bits per heavy atom. The van der Waals surface area contributed by atoms with Crippen LogP contribution in [0.5, 0.6) is 0 Å². The van der Waals surface area contributed by atoms with E-state index in [9.17, 15) is 14.0 Å². The van der Waals surface area contributed by atoms with Gasteiger partial charge in [0.15, 0.2) is 5.78 Å². The molecule has 0 aliphatic carbocycles. The van der Waals surface area contributed by atoms with Gasteiger partial charge in [-0.3, -0.25) is 9.59 Å².